The second-order valence-electron chi connectivity index (χ2n) is 6.25. The maximum atomic E-state index is 11.9. The van der Waals surface area contributed by atoms with Gasteiger partial charge in [-0.1, -0.05) is 19.1 Å². The number of hydrogen-bond donors (Lipinski definition) is 2. The number of benzene rings is 1. The second kappa shape index (κ2) is 12.0. The van der Waals surface area contributed by atoms with Crippen LogP contribution in [0.1, 0.15) is 38.2 Å². The van der Waals surface area contributed by atoms with Crippen LogP contribution in [-0.2, 0) is 11.3 Å². The molecule has 1 amide bonds. The van der Waals surface area contributed by atoms with Crippen molar-refractivity contribution in [3.8, 4) is 5.75 Å². The summed E-state index contributed by atoms with van der Waals surface area (Å²) in [5, 5.41) is 6.65. The van der Waals surface area contributed by atoms with Crippen LogP contribution in [0.2, 0.25) is 0 Å². The minimum atomic E-state index is 0. The Morgan fingerprint density at radius 1 is 1.38 bits per heavy atom. The number of amides is 1. The summed E-state index contributed by atoms with van der Waals surface area (Å²) in [6.45, 7) is 4.52. The number of nitrogens with one attached hydrogen (secondary N) is 2. The Labute approximate surface area is 173 Å². The normalized spacial score (nSPS) is 15.4. The number of carbonyl (C=O) groups is 1. The van der Waals surface area contributed by atoms with E-state index in [1.54, 1.807) is 14.2 Å². The molecule has 0 saturated carbocycles. The fourth-order valence-electron chi connectivity index (χ4n) is 3.18. The smallest absolute Gasteiger partial charge is 0.222 e. The molecule has 1 aliphatic heterocycles. The van der Waals surface area contributed by atoms with Gasteiger partial charge >= 0.3 is 0 Å². The Morgan fingerprint density at radius 2 is 2.19 bits per heavy atom. The van der Waals surface area contributed by atoms with Gasteiger partial charge in [0.1, 0.15) is 5.75 Å². The first-order valence-corrected chi connectivity index (χ1v) is 9.04. The van der Waals surface area contributed by atoms with Gasteiger partial charge in [-0.2, -0.15) is 0 Å². The SMILES string of the molecule is CCC(CCNC(=NC)NCc1cccc(OC)c1)N1CCCC1=O.I. The highest BCUT2D eigenvalue weighted by Gasteiger charge is 2.26. The highest BCUT2D eigenvalue weighted by Crippen LogP contribution is 2.17. The number of methoxy groups -OCH3 is 1. The molecular formula is C19H31IN4O2. The van der Waals surface area contributed by atoms with Gasteiger partial charge in [-0.25, -0.2) is 0 Å². The molecule has 7 heteroatoms. The van der Waals surface area contributed by atoms with E-state index in [-0.39, 0.29) is 24.0 Å². The molecule has 1 fully saturated rings. The van der Waals surface area contributed by atoms with Crippen LogP contribution < -0.4 is 15.4 Å². The molecule has 0 spiro atoms. The lowest BCUT2D eigenvalue weighted by Gasteiger charge is -2.27. The van der Waals surface area contributed by atoms with E-state index in [4.69, 9.17) is 4.74 Å². The van der Waals surface area contributed by atoms with Gasteiger partial charge < -0.3 is 20.3 Å². The molecule has 146 valence electrons. The summed E-state index contributed by atoms with van der Waals surface area (Å²) in [6.07, 6.45) is 3.62. The van der Waals surface area contributed by atoms with Crippen LogP contribution in [0.5, 0.6) is 5.75 Å². The fourth-order valence-corrected chi connectivity index (χ4v) is 3.18. The van der Waals surface area contributed by atoms with Gasteiger partial charge in [0.2, 0.25) is 5.91 Å². The number of rotatable bonds is 8. The van der Waals surface area contributed by atoms with Crippen molar-refractivity contribution >= 4 is 35.8 Å². The summed E-state index contributed by atoms with van der Waals surface area (Å²) in [5.74, 6) is 1.92. The number of hydrogen-bond acceptors (Lipinski definition) is 3. The van der Waals surface area contributed by atoms with Crippen LogP contribution in [0, 0.1) is 0 Å². The molecule has 2 rings (SSSR count). The van der Waals surface area contributed by atoms with E-state index in [1.165, 1.54) is 0 Å². The number of halogens is 1. The topological polar surface area (TPSA) is 66.0 Å². The highest BCUT2D eigenvalue weighted by atomic mass is 127. The first-order valence-electron chi connectivity index (χ1n) is 9.04. The molecule has 1 saturated heterocycles. The van der Waals surface area contributed by atoms with Gasteiger partial charge in [-0.15, -0.1) is 24.0 Å². The number of carbonyl (C=O) groups excluding carboxylic acids is 1. The average molecular weight is 474 g/mol. The average Bonchev–Trinajstić information content (AvgIpc) is 3.07. The van der Waals surface area contributed by atoms with Crippen molar-refractivity contribution in [3.05, 3.63) is 29.8 Å². The van der Waals surface area contributed by atoms with E-state index in [9.17, 15) is 4.79 Å². The zero-order chi connectivity index (χ0) is 18.1. The molecule has 1 aromatic rings. The van der Waals surface area contributed by atoms with Crippen molar-refractivity contribution in [2.24, 2.45) is 4.99 Å². The third-order valence-corrected chi connectivity index (χ3v) is 4.61. The van der Waals surface area contributed by atoms with Crippen LogP contribution in [0.15, 0.2) is 29.3 Å². The van der Waals surface area contributed by atoms with Gasteiger partial charge in [-0.3, -0.25) is 9.79 Å². The van der Waals surface area contributed by atoms with E-state index in [0.29, 0.717) is 24.9 Å². The Balaban J connectivity index is 0.00000338. The van der Waals surface area contributed by atoms with E-state index in [2.05, 4.69) is 28.6 Å². The fraction of sp³-hybridized carbons (Fsp3) is 0.579. The van der Waals surface area contributed by atoms with Crippen LogP contribution >= 0.6 is 24.0 Å². The molecular weight excluding hydrogens is 443 g/mol. The van der Waals surface area contributed by atoms with E-state index < -0.39 is 0 Å². The summed E-state index contributed by atoms with van der Waals surface area (Å²) in [5.41, 5.74) is 1.14. The summed E-state index contributed by atoms with van der Waals surface area (Å²) in [4.78, 5) is 18.2. The number of ether oxygens (including phenoxy) is 1. The van der Waals surface area contributed by atoms with Crippen LogP contribution in [0.3, 0.4) is 0 Å². The lowest BCUT2D eigenvalue weighted by atomic mass is 10.1. The Morgan fingerprint density at radius 3 is 2.81 bits per heavy atom. The van der Waals surface area contributed by atoms with E-state index >= 15 is 0 Å². The molecule has 1 aliphatic rings. The highest BCUT2D eigenvalue weighted by molar-refractivity contribution is 14.0. The number of aliphatic imine (C=N–C) groups is 1. The van der Waals surface area contributed by atoms with Gasteiger partial charge in [0.25, 0.3) is 0 Å². The molecule has 26 heavy (non-hydrogen) atoms. The lowest BCUT2D eigenvalue weighted by molar-refractivity contribution is -0.129. The summed E-state index contributed by atoms with van der Waals surface area (Å²) >= 11 is 0. The Hall–Kier alpha value is -1.51. The first-order chi connectivity index (χ1) is 12.2. The van der Waals surface area contributed by atoms with Gasteiger partial charge in [0.05, 0.1) is 7.11 Å². The zero-order valence-electron chi connectivity index (χ0n) is 16.0. The lowest BCUT2D eigenvalue weighted by Crippen LogP contribution is -2.41. The Kier molecular flexibility index (Phi) is 10.4. The molecule has 0 bridgehead atoms. The van der Waals surface area contributed by atoms with Crippen molar-refractivity contribution in [1.29, 1.82) is 0 Å². The minimum absolute atomic E-state index is 0. The van der Waals surface area contributed by atoms with Crippen LogP contribution in [-0.4, -0.2) is 50.1 Å². The molecule has 0 aliphatic carbocycles. The zero-order valence-corrected chi connectivity index (χ0v) is 18.3. The molecule has 0 aromatic heterocycles. The quantitative estimate of drug-likeness (QED) is 0.346. The summed E-state index contributed by atoms with van der Waals surface area (Å²) in [6, 6.07) is 8.28. The number of nitrogens with zero attached hydrogens (tertiary/aromatic N) is 2. The molecule has 1 unspecified atom stereocenters. The summed E-state index contributed by atoms with van der Waals surface area (Å²) < 4.78 is 5.24. The molecule has 1 heterocycles. The third kappa shape index (κ3) is 6.66. The van der Waals surface area contributed by atoms with Gasteiger partial charge in [0.15, 0.2) is 5.96 Å². The van der Waals surface area contributed by atoms with Crippen molar-refractivity contribution < 1.29 is 9.53 Å². The van der Waals surface area contributed by atoms with Gasteiger partial charge in [-0.05, 0) is 37.0 Å². The van der Waals surface area contributed by atoms with Gasteiger partial charge in [0, 0.05) is 39.1 Å². The van der Waals surface area contributed by atoms with Crippen molar-refractivity contribution in [1.82, 2.24) is 15.5 Å². The molecule has 2 N–H and O–H groups in total. The van der Waals surface area contributed by atoms with Crippen molar-refractivity contribution in [3.63, 3.8) is 0 Å². The van der Waals surface area contributed by atoms with Crippen molar-refractivity contribution in [2.45, 2.75) is 45.2 Å². The van der Waals surface area contributed by atoms with E-state index in [1.807, 2.05) is 23.1 Å². The first kappa shape index (κ1) is 22.5. The number of guanidine groups is 1. The largest absolute Gasteiger partial charge is 0.497 e. The predicted molar refractivity (Wildman–Crippen MR) is 116 cm³/mol. The maximum Gasteiger partial charge on any atom is 0.222 e. The predicted octanol–water partition coefficient (Wildman–Crippen LogP) is 2.77. The van der Waals surface area contributed by atoms with E-state index in [0.717, 1.165) is 49.6 Å². The molecule has 1 aromatic carbocycles. The standard InChI is InChI=1S/C19H30N4O2.HI/c1-4-16(23-12-6-9-18(23)24)10-11-21-19(20-2)22-14-15-7-5-8-17(13-15)25-3;/h5,7-8,13,16H,4,6,9-12,14H2,1-3H3,(H2,20,21,22);1H. The molecule has 1 atom stereocenters. The molecule has 6 nitrogen and oxygen atoms in total. The van der Waals surface area contributed by atoms with Crippen molar-refractivity contribution in [2.75, 3.05) is 27.2 Å². The molecule has 0 radical (unpaired) electrons. The monoisotopic (exact) mass is 474 g/mol. The number of likely N-dealkylation sites (tertiary alicyclic amines) is 1. The summed E-state index contributed by atoms with van der Waals surface area (Å²) in [7, 11) is 3.44. The van der Waals surface area contributed by atoms with Crippen LogP contribution in [0.4, 0.5) is 0 Å². The van der Waals surface area contributed by atoms with Crippen LogP contribution in [0.25, 0.3) is 0 Å². The second-order valence-corrected chi connectivity index (χ2v) is 6.25. The minimum Gasteiger partial charge on any atom is -0.497 e. The Bertz CT molecular complexity index is 595. The maximum absolute atomic E-state index is 11.9. The third-order valence-electron chi connectivity index (χ3n) is 4.61.